The Hall–Kier alpha value is -4.08. The van der Waals surface area contributed by atoms with E-state index < -0.39 is 40.9 Å². The van der Waals surface area contributed by atoms with Crippen LogP contribution in [0.2, 0.25) is 0 Å². The zero-order valence-corrected chi connectivity index (χ0v) is 22.7. The highest BCUT2D eigenvalue weighted by Crippen LogP contribution is 2.56. The lowest BCUT2D eigenvalue weighted by Crippen LogP contribution is -2.59. The molecular weight excluding hydrogens is 535 g/mol. The van der Waals surface area contributed by atoms with Crippen LogP contribution in [0.5, 0.6) is 5.75 Å². The lowest BCUT2D eigenvalue weighted by Gasteiger charge is -2.48. The lowest BCUT2D eigenvalue weighted by atomic mass is 9.83. The van der Waals surface area contributed by atoms with Crippen LogP contribution in [0.25, 0.3) is 0 Å². The number of pyridine rings is 1. The first-order chi connectivity index (χ1) is 19.7. The van der Waals surface area contributed by atoms with Crippen molar-refractivity contribution < 1.29 is 27.5 Å². The van der Waals surface area contributed by atoms with Crippen molar-refractivity contribution in [1.29, 1.82) is 0 Å². The van der Waals surface area contributed by atoms with E-state index in [9.17, 15) is 27.6 Å². The van der Waals surface area contributed by atoms with Gasteiger partial charge in [0.15, 0.2) is 11.4 Å². The Kier molecular flexibility index (Phi) is 6.87. The van der Waals surface area contributed by atoms with Crippen molar-refractivity contribution in [2.75, 3.05) is 0 Å². The predicted molar refractivity (Wildman–Crippen MR) is 144 cm³/mol. The van der Waals surface area contributed by atoms with Crippen LogP contribution in [0.3, 0.4) is 0 Å². The van der Waals surface area contributed by atoms with E-state index in [1.165, 1.54) is 6.20 Å². The molecule has 3 aromatic rings. The molecule has 214 valence electrons. The normalized spacial score (nSPS) is 24.3. The highest BCUT2D eigenvalue weighted by molar-refractivity contribution is 5.99. The standard InChI is InChI=1S/C31H30F3N3O4/c1-3-25-20-11-19(20)16(2)26-14-36-13-22(30(39)35-12-21-23(33)9-18(32)10-24(21)34)28(38)29(27(36)31(40)37(25)26)41-15-17-7-5-4-6-8-17/h4-10,13,16,19-20,25-26H,3,11-12,14-15H2,1-2H3,(H,35,39)/t16?,19-,20-,25?,26-/m0/s1. The average molecular weight is 566 g/mol. The Morgan fingerprint density at radius 3 is 2.46 bits per heavy atom. The van der Waals surface area contributed by atoms with Crippen LogP contribution in [0.4, 0.5) is 13.2 Å². The van der Waals surface area contributed by atoms with E-state index in [-0.39, 0.29) is 47.5 Å². The third kappa shape index (κ3) is 4.69. The first kappa shape index (κ1) is 27.1. The van der Waals surface area contributed by atoms with Crippen LogP contribution in [0.15, 0.2) is 53.5 Å². The molecule has 2 aromatic carbocycles. The molecular formula is C31H30F3N3O4. The van der Waals surface area contributed by atoms with E-state index in [1.54, 1.807) is 4.57 Å². The fourth-order valence-electron chi connectivity index (χ4n) is 6.69. The number of halogens is 3. The van der Waals surface area contributed by atoms with Crippen molar-refractivity contribution in [1.82, 2.24) is 14.8 Å². The number of aromatic nitrogens is 1. The first-order valence-corrected chi connectivity index (χ1v) is 13.9. The van der Waals surface area contributed by atoms with Crippen LogP contribution >= 0.6 is 0 Å². The zero-order valence-electron chi connectivity index (χ0n) is 22.7. The molecule has 0 bridgehead atoms. The van der Waals surface area contributed by atoms with Gasteiger partial charge in [0, 0.05) is 43.0 Å². The maximum atomic E-state index is 14.2. The summed E-state index contributed by atoms with van der Waals surface area (Å²) in [5.74, 6) is -3.59. The number of nitrogens with one attached hydrogen (secondary N) is 1. The van der Waals surface area contributed by atoms with E-state index in [1.807, 2.05) is 35.2 Å². The molecule has 7 nitrogen and oxygen atoms in total. The van der Waals surface area contributed by atoms with Crippen molar-refractivity contribution in [2.24, 2.45) is 17.8 Å². The van der Waals surface area contributed by atoms with Crippen LogP contribution < -0.4 is 15.5 Å². The minimum absolute atomic E-state index is 0.00479. The Labute approximate surface area is 234 Å². The molecule has 1 aromatic heterocycles. The van der Waals surface area contributed by atoms with Gasteiger partial charge in [-0.1, -0.05) is 44.2 Å². The number of amides is 2. The van der Waals surface area contributed by atoms with Crippen molar-refractivity contribution in [3.05, 3.63) is 98.7 Å². The number of ether oxygens (including phenoxy) is 1. The van der Waals surface area contributed by atoms with Crippen molar-refractivity contribution >= 4 is 11.8 Å². The molecule has 1 saturated heterocycles. The number of piperidine rings is 1. The van der Waals surface area contributed by atoms with Gasteiger partial charge in [-0.3, -0.25) is 14.4 Å². The first-order valence-electron chi connectivity index (χ1n) is 13.9. The van der Waals surface area contributed by atoms with Crippen molar-refractivity contribution in [3.63, 3.8) is 0 Å². The smallest absolute Gasteiger partial charge is 0.275 e. The summed E-state index contributed by atoms with van der Waals surface area (Å²) in [7, 11) is 0. The second-order valence-electron chi connectivity index (χ2n) is 11.2. The monoisotopic (exact) mass is 565 g/mol. The van der Waals surface area contributed by atoms with Gasteiger partial charge in [0.25, 0.3) is 11.8 Å². The van der Waals surface area contributed by atoms with Gasteiger partial charge in [-0.2, -0.15) is 0 Å². The molecule has 0 spiro atoms. The van der Waals surface area contributed by atoms with Gasteiger partial charge >= 0.3 is 0 Å². The Morgan fingerprint density at radius 1 is 1.07 bits per heavy atom. The Bertz CT molecular complexity index is 1570. The van der Waals surface area contributed by atoms with E-state index in [0.29, 0.717) is 30.5 Å². The second kappa shape index (κ2) is 10.4. The number of rotatable bonds is 7. The third-order valence-corrected chi connectivity index (χ3v) is 8.86. The minimum Gasteiger partial charge on any atom is -0.483 e. The fourth-order valence-corrected chi connectivity index (χ4v) is 6.69. The van der Waals surface area contributed by atoms with Gasteiger partial charge in [-0.05, 0) is 36.2 Å². The number of benzene rings is 2. The minimum atomic E-state index is -1.15. The molecule has 10 heteroatoms. The van der Waals surface area contributed by atoms with Gasteiger partial charge in [0.05, 0.1) is 6.04 Å². The third-order valence-electron chi connectivity index (χ3n) is 8.86. The maximum Gasteiger partial charge on any atom is 0.275 e. The Morgan fingerprint density at radius 2 is 1.78 bits per heavy atom. The SMILES string of the molecule is CCC1[C@H]2C[C@H]2C(C)[C@@H]2Cn3cc(C(=O)NCc4c(F)cc(F)cc4F)c(=O)c(OCc4ccccc4)c3C(=O)N12. The predicted octanol–water partition coefficient (Wildman–Crippen LogP) is 4.66. The molecule has 2 aliphatic heterocycles. The molecule has 3 aliphatic rings. The molecule has 0 radical (unpaired) electrons. The topological polar surface area (TPSA) is 80.6 Å². The number of carbonyl (C=O) groups is 2. The molecule has 1 N–H and O–H groups in total. The van der Waals surface area contributed by atoms with Crippen LogP contribution in [0.1, 0.15) is 58.7 Å². The van der Waals surface area contributed by atoms with Crippen LogP contribution in [0, 0.1) is 35.2 Å². The summed E-state index contributed by atoms with van der Waals surface area (Å²) in [6.45, 7) is 3.97. The number of hydrogen-bond acceptors (Lipinski definition) is 4. The van der Waals surface area contributed by atoms with E-state index in [0.717, 1.165) is 18.4 Å². The number of fused-ring (bicyclic) bond motifs is 3. The molecule has 6 rings (SSSR count). The van der Waals surface area contributed by atoms with E-state index >= 15 is 0 Å². The lowest BCUT2D eigenvalue weighted by molar-refractivity contribution is 0.0106. The summed E-state index contributed by atoms with van der Waals surface area (Å²) < 4.78 is 49.3. The summed E-state index contributed by atoms with van der Waals surface area (Å²) >= 11 is 0. The van der Waals surface area contributed by atoms with Gasteiger partial charge in [0.2, 0.25) is 5.43 Å². The Balaban J connectivity index is 1.38. The largest absolute Gasteiger partial charge is 0.483 e. The number of carbonyl (C=O) groups excluding carboxylic acids is 2. The number of hydrogen-bond donors (Lipinski definition) is 1. The van der Waals surface area contributed by atoms with Crippen LogP contribution in [-0.2, 0) is 19.7 Å². The van der Waals surface area contributed by atoms with E-state index in [4.69, 9.17) is 4.74 Å². The number of nitrogens with zero attached hydrogens (tertiary/aromatic N) is 2. The molecule has 41 heavy (non-hydrogen) atoms. The summed E-state index contributed by atoms with van der Waals surface area (Å²) in [6, 6.07) is 10.1. The molecule has 1 saturated carbocycles. The highest BCUT2D eigenvalue weighted by atomic mass is 19.1. The van der Waals surface area contributed by atoms with Gasteiger partial charge < -0.3 is 19.5 Å². The molecule has 2 amide bonds. The molecule has 2 fully saturated rings. The molecule has 1 aliphatic carbocycles. The molecule has 5 atom stereocenters. The van der Waals surface area contributed by atoms with Gasteiger partial charge in [-0.15, -0.1) is 0 Å². The van der Waals surface area contributed by atoms with Gasteiger partial charge in [0.1, 0.15) is 29.6 Å². The maximum absolute atomic E-state index is 14.2. The summed E-state index contributed by atoms with van der Waals surface area (Å²) in [5, 5.41) is 2.37. The highest BCUT2D eigenvalue weighted by Gasteiger charge is 2.58. The second-order valence-corrected chi connectivity index (χ2v) is 11.2. The van der Waals surface area contributed by atoms with E-state index in [2.05, 4.69) is 19.2 Å². The average Bonchev–Trinajstić information content (AvgIpc) is 3.74. The quantitative estimate of drug-likeness (QED) is 0.452. The van der Waals surface area contributed by atoms with Crippen LogP contribution in [-0.4, -0.2) is 33.4 Å². The summed E-state index contributed by atoms with van der Waals surface area (Å²) in [6.07, 6.45) is 3.20. The van der Waals surface area contributed by atoms with Crippen molar-refractivity contribution in [2.45, 2.75) is 58.5 Å². The van der Waals surface area contributed by atoms with Crippen molar-refractivity contribution in [3.8, 4) is 5.75 Å². The fraction of sp³-hybridized carbons (Fsp3) is 0.387. The summed E-state index contributed by atoms with van der Waals surface area (Å²) in [4.78, 5) is 43.0. The zero-order chi connectivity index (χ0) is 29.0. The molecule has 2 unspecified atom stereocenters. The molecule has 3 heterocycles. The summed E-state index contributed by atoms with van der Waals surface area (Å²) in [5.41, 5.74) is -0.786. The van der Waals surface area contributed by atoms with Gasteiger partial charge in [-0.25, -0.2) is 13.2 Å².